The van der Waals surface area contributed by atoms with Crippen molar-refractivity contribution in [1.29, 1.82) is 5.41 Å². The molecule has 0 aliphatic heterocycles. The van der Waals surface area contributed by atoms with E-state index in [0.717, 1.165) is 12.3 Å². The Morgan fingerprint density at radius 2 is 2.00 bits per heavy atom. The van der Waals surface area contributed by atoms with Crippen molar-refractivity contribution < 1.29 is 8.78 Å². The zero-order valence-corrected chi connectivity index (χ0v) is 11.0. The standard InChI is InChI=1S/C7H6F2N2.C3H5N3.C2H6/c1-4-2-6(8)11-7(9)5(4)3-10;4-3-1-2-5-6-3;1-2/h2-3,10H,1H3;1-2H,(H3,4,5,6);1-2H3. The molecule has 0 saturated heterocycles. The zero-order valence-electron chi connectivity index (χ0n) is 11.0. The van der Waals surface area contributed by atoms with Gasteiger partial charge in [-0.2, -0.15) is 18.9 Å². The first kappa shape index (κ1) is 16.7. The number of anilines is 1. The summed E-state index contributed by atoms with van der Waals surface area (Å²) in [6.07, 6.45) is 2.42. The summed E-state index contributed by atoms with van der Waals surface area (Å²) in [5.41, 5.74) is 5.57. The fourth-order valence-electron chi connectivity index (χ4n) is 1.05. The summed E-state index contributed by atoms with van der Waals surface area (Å²) in [7, 11) is 0. The number of H-pyrrole nitrogens is 1. The normalized spacial score (nSPS) is 8.68. The van der Waals surface area contributed by atoms with Crippen LogP contribution in [0.5, 0.6) is 0 Å². The molecule has 0 atom stereocenters. The minimum atomic E-state index is -0.933. The molecular weight excluding hydrogens is 252 g/mol. The van der Waals surface area contributed by atoms with Crippen molar-refractivity contribution in [1.82, 2.24) is 15.2 Å². The van der Waals surface area contributed by atoms with E-state index in [4.69, 9.17) is 11.1 Å². The molecule has 19 heavy (non-hydrogen) atoms. The predicted octanol–water partition coefficient (Wildman–Crippen LogP) is 2.68. The van der Waals surface area contributed by atoms with Crippen LogP contribution in [0.4, 0.5) is 14.6 Å². The number of halogens is 2. The van der Waals surface area contributed by atoms with E-state index in [9.17, 15) is 8.78 Å². The third-order valence-corrected chi connectivity index (χ3v) is 1.85. The Morgan fingerprint density at radius 3 is 2.32 bits per heavy atom. The number of hydrogen-bond acceptors (Lipinski definition) is 4. The van der Waals surface area contributed by atoms with Gasteiger partial charge in [-0.1, -0.05) is 13.8 Å². The van der Waals surface area contributed by atoms with Gasteiger partial charge in [0.15, 0.2) is 0 Å². The number of aromatic amines is 1. The maximum Gasteiger partial charge on any atom is 0.224 e. The molecular formula is C12H17F2N5. The Labute approximate surface area is 110 Å². The fourth-order valence-corrected chi connectivity index (χ4v) is 1.05. The zero-order chi connectivity index (χ0) is 14.8. The van der Waals surface area contributed by atoms with Crippen molar-refractivity contribution in [3.8, 4) is 0 Å². The molecule has 0 fully saturated rings. The quantitative estimate of drug-likeness (QED) is 0.549. The SMILES string of the molecule is CC.Cc1cc(F)nc(F)c1C=N.Nc1ccn[nH]1. The third kappa shape index (κ3) is 5.71. The van der Waals surface area contributed by atoms with Gasteiger partial charge in [0.2, 0.25) is 11.9 Å². The molecule has 0 aromatic carbocycles. The molecule has 2 aromatic heterocycles. The van der Waals surface area contributed by atoms with Crippen molar-refractivity contribution in [3.05, 3.63) is 41.4 Å². The summed E-state index contributed by atoms with van der Waals surface area (Å²) < 4.78 is 24.9. The van der Waals surface area contributed by atoms with Crippen LogP contribution in [0.15, 0.2) is 18.3 Å². The largest absolute Gasteiger partial charge is 0.384 e. The van der Waals surface area contributed by atoms with Gasteiger partial charge in [0.25, 0.3) is 0 Å². The highest BCUT2D eigenvalue weighted by molar-refractivity contribution is 5.78. The lowest BCUT2D eigenvalue weighted by Gasteiger charge is -1.98. The molecule has 0 bridgehead atoms. The van der Waals surface area contributed by atoms with Gasteiger partial charge in [0.1, 0.15) is 5.82 Å². The number of rotatable bonds is 1. The molecule has 0 unspecified atom stereocenters. The van der Waals surface area contributed by atoms with Crippen LogP contribution in [0.25, 0.3) is 0 Å². The topological polar surface area (TPSA) is 91.4 Å². The Bertz CT molecular complexity index is 474. The monoisotopic (exact) mass is 269 g/mol. The average Bonchev–Trinajstić information content (AvgIpc) is 2.83. The Kier molecular flexibility index (Phi) is 7.67. The minimum Gasteiger partial charge on any atom is -0.384 e. The molecule has 104 valence electrons. The van der Waals surface area contributed by atoms with E-state index >= 15 is 0 Å². The van der Waals surface area contributed by atoms with E-state index in [2.05, 4.69) is 15.2 Å². The van der Waals surface area contributed by atoms with Crippen molar-refractivity contribution in [3.63, 3.8) is 0 Å². The average molecular weight is 269 g/mol. The van der Waals surface area contributed by atoms with Crippen molar-refractivity contribution in [2.75, 3.05) is 5.73 Å². The number of hydrogen-bond donors (Lipinski definition) is 3. The smallest absolute Gasteiger partial charge is 0.224 e. The van der Waals surface area contributed by atoms with E-state index < -0.39 is 11.9 Å². The van der Waals surface area contributed by atoms with Gasteiger partial charge in [-0.25, -0.2) is 0 Å². The molecule has 0 radical (unpaired) electrons. The first-order valence-corrected chi connectivity index (χ1v) is 5.62. The number of nitrogens with two attached hydrogens (primary N) is 1. The summed E-state index contributed by atoms with van der Waals surface area (Å²) in [4.78, 5) is 2.92. The lowest BCUT2D eigenvalue weighted by atomic mass is 10.2. The van der Waals surface area contributed by atoms with Crippen molar-refractivity contribution in [2.45, 2.75) is 20.8 Å². The molecule has 4 N–H and O–H groups in total. The minimum absolute atomic E-state index is 0.0337. The van der Waals surface area contributed by atoms with Gasteiger partial charge in [-0.15, -0.1) is 0 Å². The second-order valence-electron chi connectivity index (χ2n) is 3.12. The highest BCUT2D eigenvalue weighted by atomic mass is 19.1. The molecule has 7 heteroatoms. The van der Waals surface area contributed by atoms with E-state index in [1.807, 2.05) is 13.8 Å². The Morgan fingerprint density at radius 1 is 1.37 bits per heavy atom. The number of pyridine rings is 1. The Balaban J connectivity index is 0.000000341. The second-order valence-corrected chi connectivity index (χ2v) is 3.12. The molecule has 2 aromatic rings. The van der Waals surface area contributed by atoms with E-state index in [1.165, 1.54) is 6.92 Å². The number of aryl methyl sites for hydroxylation is 1. The number of nitrogens with one attached hydrogen (secondary N) is 2. The third-order valence-electron chi connectivity index (χ3n) is 1.85. The predicted molar refractivity (Wildman–Crippen MR) is 71.1 cm³/mol. The number of nitrogens with zero attached hydrogens (tertiary/aromatic N) is 2. The molecule has 2 heterocycles. The van der Waals surface area contributed by atoms with Crippen LogP contribution < -0.4 is 5.73 Å². The van der Waals surface area contributed by atoms with E-state index in [1.54, 1.807) is 12.3 Å². The lowest BCUT2D eigenvalue weighted by molar-refractivity contribution is 0.509. The van der Waals surface area contributed by atoms with Crippen LogP contribution in [0, 0.1) is 24.2 Å². The molecule has 5 nitrogen and oxygen atoms in total. The first-order chi connectivity index (χ1) is 9.04. The maximum absolute atomic E-state index is 12.6. The maximum atomic E-state index is 12.6. The van der Waals surface area contributed by atoms with Crippen LogP contribution >= 0.6 is 0 Å². The van der Waals surface area contributed by atoms with Crippen LogP contribution in [-0.4, -0.2) is 21.4 Å². The number of aromatic nitrogens is 3. The van der Waals surface area contributed by atoms with E-state index in [-0.39, 0.29) is 5.56 Å². The summed E-state index contributed by atoms with van der Waals surface area (Å²) in [5.74, 6) is -1.18. The van der Waals surface area contributed by atoms with E-state index in [0.29, 0.717) is 11.4 Å². The van der Waals surface area contributed by atoms with Gasteiger partial charge < -0.3 is 11.1 Å². The van der Waals surface area contributed by atoms with Crippen molar-refractivity contribution >= 4 is 12.0 Å². The second kappa shape index (κ2) is 8.73. The molecule has 0 amide bonds. The molecule has 2 rings (SSSR count). The number of nitrogen functional groups attached to an aromatic ring is 1. The highest BCUT2D eigenvalue weighted by Gasteiger charge is 2.06. The molecule has 0 spiro atoms. The van der Waals surface area contributed by atoms with Crippen LogP contribution in [-0.2, 0) is 0 Å². The lowest BCUT2D eigenvalue weighted by Crippen LogP contribution is -1.98. The Hall–Kier alpha value is -2.31. The summed E-state index contributed by atoms with van der Waals surface area (Å²) in [5, 5.41) is 12.9. The van der Waals surface area contributed by atoms with Crippen LogP contribution in [0.3, 0.4) is 0 Å². The van der Waals surface area contributed by atoms with Gasteiger partial charge in [0.05, 0.1) is 11.8 Å². The van der Waals surface area contributed by atoms with Gasteiger partial charge >= 0.3 is 0 Å². The van der Waals surface area contributed by atoms with Gasteiger partial charge in [-0.05, 0) is 24.6 Å². The molecule has 0 aliphatic rings. The summed E-state index contributed by atoms with van der Waals surface area (Å²) >= 11 is 0. The van der Waals surface area contributed by atoms with Crippen molar-refractivity contribution in [2.24, 2.45) is 0 Å². The summed E-state index contributed by atoms with van der Waals surface area (Å²) in [6.45, 7) is 5.52. The molecule has 0 aliphatic carbocycles. The summed E-state index contributed by atoms with van der Waals surface area (Å²) in [6, 6.07) is 2.78. The van der Waals surface area contributed by atoms with Crippen LogP contribution in [0.1, 0.15) is 25.0 Å². The first-order valence-electron chi connectivity index (χ1n) is 5.62. The van der Waals surface area contributed by atoms with Gasteiger partial charge in [-0.3, -0.25) is 5.10 Å². The highest BCUT2D eigenvalue weighted by Crippen LogP contribution is 2.08. The molecule has 0 saturated carbocycles. The van der Waals surface area contributed by atoms with Gasteiger partial charge in [0, 0.05) is 6.21 Å². The fraction of sp³-hybridized carbons (Fsp3) is 0.250. The van der Waals surface area contributed by atoms with Crippen LogP contribution in [0.2, 0.25) is 0 Å².